The van der Waals surface area contributed by atoms with Crippen molar-refractivity contribution in [1.82, 2.24) is 0 Å². The van der Waals surface area contributed by atoms with Gasteiger partial charge in [0, 0.05) is 24.8 Å². The molecule has 94 valence electrons. The zero-order chi connectivity index (χ0) is 12.3. The molecule has 0 amide bonds. The van der Waals surface area contributed by atoms with Crippen molar-refractivity contribution in [3.05, 3.63) is 24.3 Å². The smallest absolute Gasteiger partial charge is 0.119 e. The van der Waals surface area contributed by atoms with Crippen LogP contribution in [0.3, 0.4) is 0 Å². The highest BCUT2D eigenvalue weighted by Crippen LogP contribution is 2.26. The third kappa shape index (κ3) is 2.70. The highest BCUT2D eigenvalue weighted by Gasteiger charge is 2.27. The van der Waals surface area contributed by atoms with Gasteiger partial charge in [-0.2, -0.15) is 0 Å². The Balaban J connectivity index is 1.99. The topological polar surface area (TPSA) is 58.7 Å². The number of nitrogens with zero attached hydrogens (tertiary/aromatic N) is 1. The van der Waals surface area contributed by atoms with E-state index in [9.17, 15) is 0 Å². The Hall–Kier alpha value is -1.26. The number of ether oxygens (including phenoxy) is 1. The van der Waals surface area contributed by atoms with Crippen LogP contribution in [0, 0.1) is 5.92 Å². The molecule has 1 aromatic carbocycles. The molecular formula is C13H20N2O2. The van der Waals surface area contributed by atoms with Gasteiger partial charge in [0.2, 0.25) is 0 Å². The average Bonchev–Trinajstić information content (AvgIpc) is 2.87. The Morgan fingerprint density at radius 1 is 1.47 bits per heavy atom. The number of benzene rings is 1. The number of hydrogen-bond donors (Lipinski definition) is 2. The van der Waals surface area contributed by atoms with E-state index in [0.717, 1.165) is 25.3 Å². The lowest BCUT2D eigenvalue weighted by molar-refractivity contribution is 0.233. The molecule has 1 saturated heterocycles. The summed E-state index contributed by atoms with van der Waals surface area (Å²) in [5.74, 6) is 1.26. The van der Waals surface area contributed by atoms with Gasteiger partial charge >= 0.3 is 0 Å². The molecule has 0 aromatic heterocycles. The summed E-state index contributed by atoms with van der Waals surface area (Å²) in [6.45, 7) is 2.00. The van der Waals surface area contributed by atoms with E-state index >= 15 is 0 Å². The van der Waals surface area contributed by atoms with E-state index in [1.54, 1.807) is 7.11 Å². The van der Waals surface area contributed by atoms with Gasteiger partial charge in [0.05, 0.1) is 13.7 Å². The maximum atomic E-state index is 9.06. The predicted molar refractivity (Wildman–Crippen MR) is 68.4 cm³/mol. The normalized spacial score (nSPS) is 21.6. The van der Waals surface area contributed by atoms with Crippen LogP contribution in [0.15, 0.2) is 24.3 Å². The highest BCUT2D eigenvalue weighted by atomic mass is 16.5. The van der Waals surface area contributed by atoms with Crippen molar-refractivity contribution in [2.45, 2.75) is 12.5 Å². The van der Waals surface area contributed by atoms with Crippen LogP contribution in [0.4, 0.5) is 5.69 Å². The second kappa shape index (κ2) is 5.38. The first kappa shape index (κ1) is 12.2. The van der Waals surface area contributed by atoms with Crippen LogP contribution in [0.5, 0.6) is 5.75 Å². The number of aliphatic hydroxyl groups is 1. The summed E-state index contributed by atoms with van der Waals surface area (Å²) in [5.41, 5.74) is 7.06. The number of nitrogens with two attached hydrogens (primary N) is 1. The first-order valence-corrected chi connectivity index (χ1v) is 6.00. The lowest BCUT2D eigenvalue weighted by Crippen LogP contribution is -2.35. The Morgan fingerprint density at radius 2 is 2.18 bits per heavy atom. The molecule has 0 aliphatic carbocycles. The van der Waals surface area contributed by atoms with Gasteiger partial charge in [-0.25, -0.2) is 0 Å². The lowest BCUT2D eigenvalue weighted by atomic mass is 10.0. The summed E-state index contributed by atoms with van der Waals surface area (Å²) < 4.78 is 5.14. The summed E-state index contributed by atoms with van der Waals surface area (Å²) in [6, 6.07) is 7.96. The van der Waals surface area contributed by atoms with Crippen molar-refractivity contribution in [1.29, 1.82) is 0 Å². The SMILES string of the molecule is COc1ccc(N2CCC(C(N)CO)C2)cc1. The molecular weight excluding hydrogens is 216 g/mol. The van der Waals surface area contributed by atoms with Crippen molar-refractivity contribution >= 4 is 5.69 Å². The number of aliphatic hydroxyl groups excluding tert-OH is 1. The molecule has 0 spiro atoms. The fourth-order valence-electron chi connectivity index (χ4n) is 2.31. The molecule has 4 heteroatoms. The van der Waals surface area contributed by atoms with Crippen molar-refractivity contribution in [2.75, 3.05) is 31.7 Å². The van der Waals surface area contributed by atoms with Crippen molar-refractivity contribution in [2.24, 2.45) is 11.7 Å². The van der Waals surface area contributed by atoms with Crippen LogP contribution in [0.25, 0.3) is 0 Å². The van der Waals surface area contributed by atoms with Crippen LogP contribution >= 0.6 is 0 Å². The molecule has 3 N–H and O–H groups in total. The Kier molecular flexibility index (Phi) is 3.86. The summed E-state index contributed by atoms with van der Waals surface area (Å²) in [5, 5.41) is 9.06. The van der Waals surface area contributed by atoms with Crippen LogP contribution in [0.2, 0.25) is 0 Å². The first-order chi connectivity index (χ1) is 8.24. The Labute approximate surface area is 102 Å². The molecule has 0 bridgehead atoms. The molecule has 2 unspecified atom stereocenters. The molecule has 1 aliphatic heterocycles. The fraction of sp³-hybridized carbons (Fsp3) is 0.538. The van der Waals surface area contributed by atoms with E-state index in [0.29, 0.717) is 5.92 Å². The fourth-order valence-corrected chi connectivity index (χ4v) is 2.31. The summed E-state index contributed by atoms with van der Waals surface area (Å²) in [4.78, 5) is 2.31. The minimum Gasteiger partial charge on any atom is -0.497 e. The maximum absolute atomic E-state index is 9.06. The number of methoxy groups -OCH3 is 1. The Morgan fingerprint density at radius 3 is 2.76 bits per heavy atom. The van der Waals surface area contributed by atoms with Gasteiger partial charge in [0.15, 0.2) is 0 Å². The van der Waals surface area contributed by atoms with Crippen molar-refractivity contribution < 1.29 is 9.84 Å². The lowest BCUT2D eigenvalue weighted by Gasteiger charge is -2.20. The molecule has 2 rings (SSSR count). The molecule has 1 aromatic rings. The van der Waals surface area contributed by atoms with E-state index in [4.69, 9.17) is 15.6 Å². The standard InChI is InChI=1S/C13H20N2O2/c1-17-12-4-2-11(3-5-12)15-7-6-10(8-15)13(14)9-16/h2-5,10,13,16H,6-9,14H2,1H3. The van der Waals surface area contributed by atoms with Crippen LogP contribution in [-0.2, 0) is 0 Å². The van der Waals surface area contributed by atoms with Gasteiger partial charge < -0.3 is 20.5 Å². The van der Waals surface area contributed by atoms with Gasteiger partial charge in [-0.15, -0.1) is 0 Å². The van der Waals surface area contributed by atoms with Gasteiger partial charge in [0.25, 0.3) is 0 Å². The number of anilines is 1. The van der Waals surface area contributed by atoms with Gasteiger partial charge in [-0.05, 0) is 36.6 Å². The molecule has 1 heterocycles. The van der Waals surface area contributed by atoms with Gasteiger partial charge in [-0.3, -0.25) is 0 Å². The van der Waals surface area contributed by atoms with Crippen LogP contribution in [0.1, 0.15) is 6.42 Å². The molecule has 1 fully saturated rings. The molecule has 17 heavy (non-hydrogen) atoms. The summed E-state index contributed by atoms with van der Waals surface area (Å²) in [6.07, 6.45) is 1.05. The molecule has 1 aliphatic rings. The monoisotopic (exact) mass is 236 g/mol. The molecule has 0 radical (unpaired) electrons. The highest BCUT2D eigenvalue weighted by molar-refractivity contribution is 5.49. The van der Waals surface area contributed by atoms with E-state index in [1.165, 1.54) is 5.69 Å². The summed E-state index contributed by atoms with van der Waals surface area (Å²) >= 11 is 0. The first-order valence-electron chi connectivity index (χ1n) is 6.00. The molecule has 4 nitrogen and oxygen atoms in total. The second-order valence-electron chi connectivity index (χ2n) is 4.54. The molecule has 2 atom stereocenters. The maximum Gasteiger partial charge on any atom is 0.119 e. The molecule has 0 saturated carbocycles. The minimum atomic E-state index is -0.0988. The predicted octanol–water partition coefficient (Wildman–Crippen LogP) is 0.841. The summed E-state index contributed by atoms with van der Waals surface area (Å²) in [7, 11) is 1.67. The second-order valence-corrected chi connectivity index (χ2v) is 4.54. The van der Waals surface area contributed by atoms with Gasteiger partial charge in [0.1, 0.15) is 5.75 Å². The third-order valence-corrected chi connectivity index (χ3v) is 3.48. The third-order valence-electron chi connectivity index (χ3n) is 3.48. The number of rotatable bonds is 4. The Bertz CT molecular complexity index is 353. The minimum absolute atomic E-state index is 0.0706. The van der Waals surface area contributed by atoms with Crippen molar-refractivity contribution in [3.63, 3.8) is 0 Å². The van der Waals surface area contributed by atoms with E-state index in [2.05, 4.69) is 17.0 Å². The van der Waals surface area contributed by atoms with Gasteiger partial charge in [-0.1, -0.05) is 0 Å². The quantitative estimate of drug-likeness (QED) is 0.813. The number of hydrogen-bond acceptors (Lipinski definition) is 4. The van der Waals surface area contributed by atoms with E-state index in [1.807, 2.05) is 12.1 Å². The zero-order valence-electron chi connectivity index (χ0n) is 10.2. The van der Waals surface area contributed by atoms with E-state index < -0.39 is 0 Å². The van der Waals surface area contributed by atoms with E-state index in [-0.39, 0.29) is 12.6 Å². The zero-order valence-corrected chi connectivity index (χ0v) is 10.2. The van der Waals surface area contributed by atoms with Crippen molar-refractivity contribution in [3.8, 4) is 5.75 Å². The van der Waals surface area contributed by atoms with Crippen LogP contribution in [-0.4, -0.2) is 38.0 Å². The average molecular weight is 236 g/mol. The van der Waals surface area contributed by atoms with Crippen LogP contribution < -0.4 is 15.4 Å². The largest absolute Gasteiger partial charge is 0.497 e.